The molecule has 0 N–H and O–H groups in total. The molecular formula is C33H35N3O2. The van der Waals surface area contributed by atoms with Gasteiger partial charge < -0.3 is 0 Å². The Hall–Kier alpha value is -3.31. The summed E-state index contributed by atoms with van der Waals surface area (Å²) in [5.41, 5.74) is 6.81. The van der Waals surface area contributed by atoms with E-state index in [1.165, 1.54) is 46.5 Å². The normalized spacial score (nSPS) is 25.8. The first-order valence-corrected chi connectivity index (χ1v) is 14.4. The van der Waals surface area contributed by atoms with Crippen molar-refractivity contribution >= 4 is 11.8 Å². The number of fused-ring (bicyclic) bond motifs is 3. The lowest BCUT2D eigenvalue weighted by Crippen LogP contribution is -2.39. The smallest absolute Gasteiger partial charge is 0.261 e. The van der Waals surface area contributed by atoms with Gasteiger partial charge in [0.1, 0.15) is 0 Å². The predicted octanol–water partition coefficient (Wildman–Crippen LogP) is 5.50. The Morgan fingerprint density at radius 2 is 1.53 bits per heavy atom. The van der Waals surface area contributed by atoms with Crippen LogP contribution in [-0.4, -0.2) is 46.2 Å². The number of hydrogen-bond donors (Lipinski definition) is 0. The SMILES string of the molecule is O=C1c2ccccc2C(=O)N1CC1CC1CN(C[C@@H]1CCc2ccccc2C1)[C@H]1CCCc2cccnc21. The molecule has 4 aliphatic rings. The number of hydrogen-bond acceptors (Lipinski definition) is 4. The molecule has 0 spiro atoms. The molecule has 0 saturated heterocycles. The number of imide groups is 1. The Kier molecular flexibility index (Phi) is 6.12. The topological polar surface area (TPSA) is 53.5 Å². The van der Waals surface area contributed by atoms with Gasteiger partial charge in [-0.05, 0) is 97.6 Å². The standard InChI is InChI=1S/C33H35N3O2/c37-32-28-11-3-4-12-29(28)33(38)36(32)21-27-18-26(27)20-35(30-13-5-9-24-10-6-16-34-31(24)30)19-22-14-15-23-7-1-2-8-25(23)17-22/h1-4,6-8,10-12,16,22,26-27,30H,5,9,13-15,17-21H2/t22-,26?,27?,30+/m1/s1. The van der Waals surface area contributed by atoms with E-state index < -0.39 is 0 Å². The molecule has 1 saturated carbocycles. The van der Waals surface area contributed by atoms with E-state index in [1.807, 2.05) is 18.3 Å². The number of benzene rings is 2. The fourth-order valence-electron chi connectivity index (χ4n) is 7.23. The van der Waals surface area contributed by atoms with Gasteiger partial charge in [-0.25, -0.2) is 0 Å². The van der Waals surface area contributed by atoms with Gasteiger partial charge in [0, 0.05) is 25.8 Å². The number of aryl methyl sites for hydroxylation is 2. The van der Waals surface area contributed by atoms with Crippen LogP contribution in [0.2, 0.25) is 0 Å². The fourth-order valence-corrected chi connectivity index (χ4v) is 7.23. The number of carbonyl (C=O) groups excluding carboxylic acids is 2. The molecule has 5 heteroatoms. The number of nitrogens with zero attached hydrogens (tertiary/aromatic N) is 3. The quantitative estimate of drug-likeness (QED) is 0.398. The molecule has 1 aromatic heterocycles. The minimum Gasteiger partial charge on any atom is -0.294 e. The lowest BCUT2D eigenvalue weighted by atomic mass is 9.82. The molecule has 2 aromatic carbocycles. The molecular weight excluding hydrogens is 470 g/mol. The highest BCUT2D eigenvalue weighted by Gasteiger charge is 2.45. The van der Waals surface area contributed by atoms with Gasteiger partial charge in [0.2, 0.25) is 0 Å². The van der Waals surface area contributed by atoms with E-state index in [4.69, 9.17) is 4.98 Å². The van der Waals surface area contributed by atoms with E-state index in [0.717, 1.165) is 38.8 Å². The van der Waals surface area contributed by atoms with E-state index in [9.17, 15) is 9.59 Å². The van der Waals surface area contributed by atoms with Gasteiger partial charge in [0.15, 0.2) is 0 Å². The zero-order chi connectivity index (χ0) is 25.6. The first kappa shape index (κ1) is 23.8. The van der Waals surface area contributed by atoms with Crippen molar-refractivity contribution in [3.05, 3.63) is 100 Å². The summed E-state index contributed by atoms with van der Waals surface area (Å²) in [6.07, 6.45) is 10.1. The number of carbonyl (C=O) groups is 2. The fraction of sp³-hybridized carbons (Fsp3) is 0.424. The van der Waals surface area contributed by atoms with Crippen LogP contribution in [0.4, 0.5) is 0 Å². The molecule has 2 unspecified atom stereocenters. The summed E-state index contributed by atoms with van der Waals surface area (Å²) in [4.78, 5) is 35.0. The van der Waals surface area contributed by atoms with Crippen LogP contribution in [0.1, 0.15) is 74.8 Å². The van der Waals surface area contributed by atoms with Crippen molar-refractivity contribution < 1.29 is 9.59 Å². The summed E-state index contributed by atoms with van der Waals surface area (Å²) >= 11 is 0. The predicted molar refractivity (Wildman–Crippen MR) is 147 cm³/mol. The van der Waals surface area contributed by atoms with Crippen LogP contribution in [-0.2, 0) is 19.3 Å². The average molecular weight is 506 g/mol. The van der Waals surface area contributed by atoms with Gasteiger partial charge in [-0.1, -0.05) is 42.5 Å². The molecule has 2 amide bonds. The first-order valence-electron chi connectivity index (χ1n) is 14.4. The van der Waals surface area contributed by atoms with Crippen molar-refractivity contribution in [3.63, 3.8) is 0 Å². The largest absolute Gasteiger partial charge is 0.294 e. The van der Waals surface area contributed by atoms with Crippen molar-refractivity contribution in [3.8, 4) is 0 Å². The summed E-state index contributed by atoms with van der Waals surface area (Å²) in [7, 11) is 0. The van der Waals surface area contributed by atoms with E-state index in [0.29, 0.717) is 41.5 Å². The Morgan fingerprint density at radius 3 is 2.34 bits per heavy atom. The second-order valence-corrected chi connectivity index (χ2v) is 11.8. The van der Waals surface area contributed by atoms with Crippen LogP contribution < -0.4 is 0 Å². The van der Waals surface area contributed by atoms with Crippen molar-refractivity contribution in [2.75, 3.05) is 19.6 Å². The van der Waals surface area contributed by atoms with Gasteiger partial charge in [-0.15, -0.1) is 0 Å². The number of rotatable bonds is 7. The van der Waals surface area contributed by atoms with Crippen LogP contribution in [0.5, 0.6) is 0 Å². The van der Waals surface area contributed by atoms with Crippen LogP contribution >= 0.6 is 0 Å². The molecule has 2 heterocycles. The molecule has 3 aliphatic carbocycles. The second-order valence-electron chi connectivity index (χ2n) is 11.8. The van der Waals surface area contributed by atoms with Crippen LogP contribution in [0, 0.1) is 17.8 Å². The maximum absolute atomic E-state index is 12.9. The van der Waals surface area contributed by atoms with Crippen LogP contribution in [0.25, 0.3) is 0 Å². The molecule has 1 fully saturated rings. The molecule has 38 heavy (non-hydrogen) atoms. The lowest BCUT2D eigenvalue weighted by Gasteiger charge is -2.38. The highest BCUT2D eigenvalue weighted by atomic mass is 16.2. The van der Waals surface area contributed by atoms with Crippen LogP contribution in [0.3, 0.4) is 0 Å². The number of aromatic nitrogens is 1. The summed E-state index contributed by atoms with van der Waals surface area (Å²) in [5, 5.41) is 0. The summed E-state index contributed by atoms with van der Waals surface area (Å²) < 4.78 is 0. The number of pyridine rings is 1. The molecule has 7 rings (SSSR count). The molecule has 194 valence electrons. The van der Waals surface area contributed by atoms with Crippen LogP contribution in [0.15, 0.2) is 66.9 Å². The average Bonchev–Trinajstić information content (AvgIpc) is 3.66. The zero-order valence-corrected chi connectivity index (χ0v) is 21.9. The minimum atomic E-state index is -0.126. The monoisotopic (exact) mass is 505 g/mol. The highest BCUT2D eigenvalue weighted by Crippen LogP contribution is 2.44. The maximum atomic E-state index is 12.9. The number of amides is 2. The first-order chi connectivity index (χ1) is 18.7. The van der Waals surface area contributed by atoms with Gasteiger partial charge in [0.25, 0.3) is 11.8 Å². The summed E-state index contributed by atoms with van der Waals surface area (Å²) in [6, 6.07) is 20.9. The molecule has 0 radical (unpaired) electrons. The minimum absolute atomic E-state index is 0.126. The maximum Gasteiger partial charge on any atom is 0.261 e. The molecule has 5 nitrogen and oxygen atoms in total. The van der Waals surface area contributed by atoms with Crippen molar-refractivity contribution in [2.24, 2.45) is 17.8 Å². The van der Waals surface area contributed by atoms with E-state index in [2.05, 4.69) is 41.3 Å². The second kappa shape index (κ2) is 9.77. The lowest BCUT2D eigenvalue weighted by molar-refractivity contribution is 0.0641. The van der Waals surface area contributed by atoms with Gasteiger partial charge in [-0.2, -0.15) is 0 Å². The third-order valence-corrected chi connectivity index (χ3v) is 9.38. The Balaban J connectivity index is 1.08. The van der Waals surface area contributed by atoms with Gasteiger partial charge in [-0.3, -0.25) is 24.4 Å². The molecule has 1 aliphatic heterocycles. The third-order valence-electron chi connectivity index (χ3n) is 9.38. The van der Waals surface area contributed by atoms with Crippen molar-refractivity contribution in [2.45, 2.75) is 51.0 Å². The Morgan fingerprint density at radius 1 is 0.789 bits per heavy atom. The summed E-state index contributed by atoms with van der Waals surface area (Å²) in [5.74, 6) is 1.30. The molecule has 4 atom stereocenters. The van der Waals surface area contributed by atoms with E-state index in [1.54, 1.807) is 12.1 Å². The van der Waals surface area contributed by atoms with Gasteiger partial charge in [0.05, 0.1) is 22.9 Å². The molecule has 3 aromatic rings. The van der Waals surface area contributed by atoms with Crippen molar-refractivity contribution in [1.82, 2.24) is 14.8 Å². The van der Waals surface area contributed by atoms with Gasteiger partial charge >= 0.3 is 0 Å². The van der Waals surface area contributed by atoms with Crippen molar-refractivity contribution in [1.29, 1.82) is 0 Å². The van der Waals surface area contributed by atoms with E-state index in [-0.39, 0.29) is 11.8 Å². The summed E-state index contributed by atoms with van der Waals surface area (Å²) in [6.45, 7) is 2.65. The van der Waals surface area contributed by atoms with E-state index >= 15 is 0 Å². The molecule has 0 bridgehead atoms. The Labute approximate surface area is 224 Å². The third kappa shape index (κ3) is 4.37. The zero-order valence-electron chi connectivity index (χ0n) is 21.9. The highest BCUT2D eigenvalue weighted by molar-refractivity contribution is 6.21. The Bertz CT molecular complexity index is 1350.